The smallest absolute Gasteiger partial charge is 0.338 e. The second kappa shape index (κ2) is 8.41. The Kier molecular flexibility index (Phi) is 6.51. The van der Waals surface area contributed by atoms with Gasteiger partial charge in [0, 0.05) is 33.2 Å². The zero-order chi connectivity index (χ0) is 18.4. The molecule has 0 saturated carbocycles. The lowest BCUT2D eigenvalue weighted by Crippen LogP contribution is -2.49. The van der Waals surface area contributed by atoms with E-state index in [1.165, 1.54) is 31.3 Å². The van der Waals surface area contributed by atoms with Gasteiger partial charge in [-0.3, -0.25) is 4.79 Å². The number of nitrogens with zero attached hydrogens (tertiary/aromatic N) is 2. The zero-order valence-corrected chi connectivity index (χ0v) is 15.2. The fourth-order valence-electron chi connectivity index (χ4n) is 2.45. The van der Waals surface area contributed by atoms with Gasteiger partial charge in [-0.05, 0) is 31.2 Å². The molecule has 9 heteroatoms. The first-order valence-electron chi connectivity index (χ1n) is 8.08. The number of ether oxygens (including phenoxy) is 1. The van der Waals surface area contributed by atoms with E-state index in [1.807, 2.05) is 0 Å². The molecule has 0 atom stereocenters. The van der Waals surface area contributed by atoms with E-state index in [1.54, 1.807) is 11.8 Å². The lowest BCUT2D eigenvalue weighted by molar-refractivity contribution is -0.131. The van der Waals surface area contributed by atoms with Gasteiger partial charge in [-0.15, -0.1) is 0 Å². The van der Waals surface area contributed by atoms with E-state index in [-0.39, 0.29) is 29.5 Å². The average Bonchev–Trinajstić information content (AvgIpc) is 2.62. The molecule has 1 aromatic carbocycles. The monoisotopic (exact) mass is 369 g/mol. The second-order valence-electron chi connectivity index (χ2n) is 5.64. The van der Waals surface area contributed by atoms with Crippen LogP contribution in [-0.4, -0.2) is 75.9 Å². The number of likely N-dealkylation sites (N-methyl/N-ethyl adjacent to an activating group) is 1. The number of rotatable bonds is 6. The molecule has 0 unspecified atom stereocenters. The van der Waals surface area contributed by atoms with Gasteiger partial charge < -0.3 is 15.0 Å². The molecule has 0 spiro atoms. The molecule has 25 heavy (non-hydrogen) atoms. The number of carbonyl (C=O) groups excluding carboxylic acids is 2. The van der Waals surface area contributed by atoms with Crippen LogP contribution in [0.4, 0.5) is 0 Å². The molecule has 138 valence electrons. The Balaban J connectivity index is 2.06. The molecule has 1 N–H and O–H groups in total. The molecule has 8 nitrogen and oxygen atoms in total. The third kappa shape index (κ3) is 4.77. The van der Waals surface area contributed by atoms with Gasteiger partial charge in [0.2, 0.25) is 15.9 Å². The third-order valence-corrected chi connectivity index (χ3v) is 5.72. The minimum atomic E-state index is -3.81. The molecule has 0 aromatic heterocycles. The van der Waals surface area contributed by atoms with Crippen LogP contribution in [-0.2, 0) is 19.6 Å². The van der Waals surface area contributed by atoms with E-state index in [4.69, 9.17) is 4.74 Å². The molecule has 2 rings (SSSR count). The van der Waals surface area contributed by atoms with Crippen molar-refractivity contribution in [3.05, 3.63) is 29.8 Å². The number of esters is 1. The normalized spacial score (nSPS) is 15.2. The second-order valence-corrected chi connectivity index (χ2v) is 7.68. The Labute approximate surface area is 147 Å². The van der Waals surface area contributed by atoms with Crippen molar-refractivity contribution in [3.63, 3.8) is 0 Å². The van der Waals surface area contributed by atoms with Gasteiger partial charge in [-0.1, -0.05) is 0 Å². The maximum atomic E-state index is 12.6. The quantitative estimate of drug-likeness (QED) is 0.705. The Hall–Kier alpha value is -1.97. The number of hydrogen-bond acceptors (Lipinski definition) is 6. The van der Waals surface area contributed by atoms with Crippen molar-refractivity contribution in [2.45, 2.75) is 11.8 Å². The molecule has 1 amide bonds. The van der Waals surface area contributed by atoms with E-state index in [0.29, 0.717) is 26.2 Å². The highest BCUT2D eigenvalue weighted by Crippen LogP contribution is 2.16. The van der Waals surface area contributed by atoms with Gasteiger partial charge in [0.05, 0.1) is 23.6 Å². The van der Waals surface area contributed by atoms with Crippen LogP contribution >= 0.6 is 0 Å². The van der Waals surface area contributed by atoms with Crippen LogP contribution in [0.2, 0.25) is 0 Å². The number of nitrogens with one attached hydrogen (secondary N) is 1. The van der Waals surface area contributed by atoms with E-state index in [9.17, 15) is 18.0 Å². The van der Waals surface area contributed by atoms with Crippen molar-refractivity contribution in [1.29, 1.82) is 0 Å². The lowest BCUT2D eigenvalue weighted by atomic mass is 10.2. The van der Waals surface area contributed by atoms with Crippen LogP contribution in [0, 0.1) is 0 Å². The van der Waals surface area contributed by atoms with Gasteiger partial charge in [-0.2, -0.15) is 4.31 Å². The minimum Gasteiger partial charge on any atom is -0.462 e. The fraction of sp³-hybridized carbons (Fsp3) is 0.500. The molecule has 0 bridgehead atoms. The first-order chi connectivity index (χ1) is 11.9. The maximum absolute atomic E-state index is 12.6. The van der Waals surface area contributed by atoms with Crippen LogP contribution in [0.3, 0.4) is 0 Å². The number of piperazine rings is 1. The highest BCUT2D eigenvalue weighted by atomic mass is 32.2. The molecule has 0 aliphatic carbocycles. The van der Waals surface area contributed by atoms with Gasteiger partial charge >= 0.3 is 5.97 Å². The summed E-state index contributed by atoms with van der Waals surface area (Å²) in [6.45, 7) is 4.27. The zero-order valence-electron chi connectivity index (χ0n) is 14.4. The number of amides is 1. The summed E-state index contributed by atoms with van der Waals surface area (Å²) in [5.74, 6) is -0.732. The van der Waals surface area contributed by atoms with Gasteiger partial charge in [0.25, 0.3) is 0 Å². The summed E-state index contributed by atoms with van der Waals surface area (Å²) < 4.78 is 31.1. The summed E-state index contributed by atoms with van der Waals surface area (Å²) in [6, 6.07) is 5.48. The summed E-state index contributed by atoms with van der Waals surface area (Å²) in [7, 11) is -2.44. The number of benzene rings is 1. The van der Waals surface area contributed by atoms with Gasteiger partial charge in [-0.25, -0.2) is 13.2 Å². The number of hydrogen-bond donors (Lipinski definition) is 1. The predicted molar refractivity (Wildman–Crippen MR) is 91.7 cm³/mol. The van der Waals surface area contributed by atoms with Crippen molar-refractivity contribution < 1.29 is 22.7 Å². The van der Waals surface area contributed by atoms with Crippen molar-refractivity contribution >= 4 is 21.9 Å². The molecule has 0 radical (unpaired) electrons. The van der Waals surface area contributed by atoms with Crippen molar-refractivity contribution in [1.82, 2.24) is 14.5 Å². The highest BCUT2D eigenvalue weighted by Gasteiger charge is 2.26. The summed E-state index contributed by atoms with van der Waals surface area (Å²) in [5, 5.41) is 3.14. The average molecular weight is 369 g/mol. The Bertz CT molecular complexity index is 712. The van der Waals surface area contributed by atoms with E-state index in [2.05, 4.69) is 5.32 Å². The third-order valence-electron chi connectivity index (χ3n) is 3.90. The summed E-state index contributed by atoms with van der Waals surface area (Å²) in [5.41, 5.74) is 0.278. The molecule has 1 saturated heterocycles. The molecule has 1 heterocycles. The van der Waals surface area contributed by atoms with Crippen molar-refractivity contribution in [2.24, 2.45) is 0 Å². The van der Waals surface area contributed by atoms with E-state index in [0.717, 1.165) is 4.31 Å². The molecule has 1 aromatic rings. The molecular weight excluding hydrogens is 346 g/mol. The predicted octanol–water partition coefficient (Wildman–Crippen LogP) is -0.0844. The molecular formula is C16H23N3O5S. The first-order valence-corrected chi connectivity index (χ1v) is 9.52. The fourth-order valence-corrected chi connectivity index (χ4v) is 3.57. The van der Waals surface area contributed by atoms with Crippen LogP contribution in [0.25, 0.3) is 0 Å². The van der Waals surface area contributed by atoms with Crippen molar-refractivity contribution in [3.8, 4) is 0 Å². The Morgan fingerprint density at radius 2 is 1.80 bits per heavy atom. The van der Waals surface area contributed by atoms with Crippen LogP contribution in [0.1, 0.15) is 17.3 Å². The number of sulfonamides is 1. The van der Waals surface area contributed by atoms with Crippen LogP contribution in [0.5, 0.6) is 0 Å². The Morgan fingerprint density at radius 1 is 1.20 bits per heavy atom. The molecule has 1 aliphatic heterocycles. The first kappa shape index (κ1) is 19.4. The van der Waals surface area contributed by atoms with Gasteiger partial charge in [0.15, 0.2) is 0 Å². The largest absolute Gasteiger partial charge is 0.462 e. The molecule has 1 fully saturated rings. The molecule has 1 aliphatic rings. The van der Waals surface area contributed by atoms with E-state index >= 15 is 0 Å². The van der Waals surface area contributed by atoms with Crippen LogP contribution < -0.4 is 5.32 Å². The number of carbonyl (C=O) groups is 2. The standard InChI is InChI=1S/C16H23N3O5S/c1-3-24-16(21)13-4-6-14(7-5-13)25(22,23)18(2)12-15(20)19-10-8-17-9-11-19/h4-7,17H,3,8-12H2,1-2H3. The van der Waals surface area contributed by atoms with Crippen LogP contribution in [0.15, 0.2) is 29.2 Å². The Morgan fingerprint density at radius 3 is 2.36 bits per heavy atom. The summed E-state index contributed by atoms with van der Waals surface area (Å²) >= 11 is 0. The summed E-state index contributed by atoms with van der Waals surface area (Å²) in [4.78, 5) is 25.5. The minimum absolute atomic E-state index is 0.0242. The van der Waals surface area contributed by atoms with Crippen molar-refractivity contribution in [2.75, 3.05) is 46.4 Å². The van der Waals surface area contributed by atoms with Gasteiger partial charge in [0.1, 0.15) is 0 Å². The van der Waals surface area contributed by atoms with E-state index < -0.39 is 16.0 Å². The summed E-state index contributed by atoms with van der Waals surface area (Å²) in [6.07, 6.45) is 0. The highest BCUT2D eigenvalue weighted by molar-refractivity contribution is 7.89. The lowest BCUT2D eigenvalue weighted by Gasteiger charge is -2.29. The topological polar surface area (TPSA) is 96.0 Å². The maximum Gasteiger partial charge on any atom is 0.338 e. The SMILES string of the molecule is CCOC(=O)c1ccc(S(=O)(=O)N(C)CC(=O)N2CCNCC2)cc1.